The van der Waals surface area contributed by atoms with Crippen LogP contribution < -0.4 is 10.4 Å². The molecule has 2 fully saturated rings. The van der Waals surface area contributed by atoms with Gasteiger partial charge in [0.05, 0.1) is 30.3 Å². The number of hydrogen-bond donors (Lipinski definition) is 0. The molecule has 0 amide bonds. The van der Waals surface area contributed by atoms with E-state index in [4.69, 9.17) is 22.4 Å². The van der Waals surface area contributed by atoms with Crippen LogP contribution in [-0.4, -0.2) is 69.6 Å². The summed E-state index contributed by atoms with van der Waals surface area (Å²) >= 11 is 0. The van der Waals surface area contributed by atoms with Gasteiger partial charge in [-0.15, -0.1) is 0 Å². The van der Waals surface area contributed by atoms with E-state index in [9.17, 15) is 0 Å². The topological polar surface area (TPSA) is 83.6 Å². The minimum absolute atomic E-state index is 0.0821. The Hall–Kier alpha value is -1.94. The van der Waals surface area contributed by atoms with Gasteiger partial charge in [-0.3, -0.25) is 0 Å². The number of benzene rings is 3. The maximum atomic E-state index is 15.4. The van der Waals surface area contributed by atoms with Gasteiger partial charge in [0.1, 0.15) is 5.60 Å². The summed E-state index contributed by atoms with van der Waals surface area (Å²) in [4.78, 5) is -1.41. The first-order valence-corrected chi connectivity index (χ1v) is 28.4. The van der Waals surface area contributed by atoms with Crippen LogP contribution in [0, 0.1) is 6.92 Å². The van der Waals surface area contributed by atoms with Crippen molar-refractivity contribution in [1.29, 1.82) is 0 Å². The molecule has 5 rings (SSSR count). The molecular weight excluding hydrogens is 769 g/mol. The van der Waals surface area contributed by atoms with Gasteiger partial charge in [-0.2, -0.15) is 0 Å². The molecule has 310 valence electrons. The van der Waals surface area contributed by atoms with E-state index in [2.05, 4.69) is 132 Å². The zero-order chi connectivity index (χ0) is 41.6. The molecule has 0 saturated carbocycles. The van der Waals surface area contributed by atoms with E-state index in [0.29, 0.717) is 6.61 Å². The first-order valence-electron chi connectivity index (χ1n) is 20.7. The van der Waals surface area contributed by atoms with Gasteiger partial charge in [0.15, 0.2) is 8.32 Å². The smallest absolute Gasteiger partial charge is 0.349 e. The van der Waals surface area contributed by atoms with Crippen molar-refractivity contribution in [2.75, 3.05) is 13.2 Å². The molecule has 2 heterocycles. The molecule has 0 N–H and O–H groups in total. The van der Waals surface area contributed by atoms with Crippen LogP contribution >= 0.6 is 0 Å². The highest BCUT2D eigenvalue weighted by Gasteiger charge is 2.77. The van der Waals surface area contributed by atoms with Crippen molar-refractivity contribution < 1.29 is 30.9 Å². The summed E-state index contributed by atoms with van der Waals surface area (Å²) in [6.45, 7) is 30.9. The first kappa shape index (κ1) is 45.2. The molecule has 0 aromatic heterocycles. The van der Waals surface area contributed by atoms with Crippen molar-refractivity contribution in [3.05, 3.63) is 90.5 Å². The SMILES string of the molecule is CC[Si](CC)(CC)O[C@H]1CO[Si](C(C)(C)C)(C(C)(C)C)O[C@@H]1C[C@@]1(S(=O)(=O)c2ccc(C)cc2)O[C@]1(C)CO[Si](c1ccccc1)(c1ccccc1)C(C)(C)C. The molecule has 0 aliphatic carbocycles. The van der Waals surface area contributed by atoms with Crippen molar-refractivity contribution in [3.63, 3.8) is 0 Å². The molecule has 0 spiro atoms. The van der Waals surface area contributed by atoms with Crippen molar-refractivity contribution in [2.24, 2.45) is 0 Å². The van der Waals surface area contributed by atoms with Crippen LogP contribution in [0.2, 0.25) is 33.2 Å². The predicted octanol–water partition coefficient (Wildman–Crippen LogP) is 10.1. The molecule has 3 aromatic rings. The summed E-state index contributed by atoms with van der Waals surface area (Å²) in [6.07, 6.45) is -0.927. The Balaban J connectivity index is 1.68. The maximum absolute atomic E-state index is 15.4. The van der Waals surface area contributed by atoms with E-state index in [1.807, 2.05) is 38.1 Å². The van der Waals surface area contributed by atoms with Gasteiger partial charge < -0.3 is 22.4 Å². The average molecular weight is 839 g/mol. The summed E-state index contributed by atoms with van der Waals surface area (Å²) in [7, 11) is -12.4. The van der Waals surface area contributed by atoms with Crippen LogP contribution in [0.1, 0.15) is 102 Å². The van der Waals surface area contributed by atoms with Gasteiger partial charge in [-0.05, 0) is 59.5 Å². The summed E-state index contributed by atoms with van der Waals surface area (Å²) in [5.74, 6) is 0. The van der Waals surface area contributed by atoms with E-state index >= 15 is 8.42 Å². The lowest BCUT2D eigenvalue weighted by Crippen LogP contribution is -2.67. The predicted molar refractivity (Wildman–Crippen MR) is 237 cm³/mol. The van der Waals surface area contributed by atoms with Crippen molar-refractivity contribution in [1.82, 2.24) is 0 Å². The second kappa shape index (κ2) is 15.9. The van der Waals surface area contributed by atoms with Crippen molar-refractivity contribution in [2.45, 2.75) is 164 Å². The molecule has 2 aliphatic rings. The third-order valence-corrected chi connectivity index (χ3v) is 30.1. The van der Waals surface area contributed by atoms with Crippen LogP contribution in [0.5, 0.6) is 0 Å². The van der Waals surface area contributed by atoms with E-state index in [0.717, 1.165) is 34.1 Å². The van der Waals surface area contributed by atoms with Gasteiger partial charge in [0.25, 0.3) is 8.32 Å². The Morgan fingerprint density at radius 2 is 1.25 bits per heavy atom. The molecule has 11 heteroatoms. The Morgan fingerprint density at radius 1 is 0.768 bits per heavy atom. The molecular formula is C45H70O7SSi3. The molecule has 2 saturated heterocycles. The highest BCUT2D eigenvalue weighted by atomic mass is 32.2. The summed E-state index contributed by atoms with van der Waals surface area (Å²) < 4.78 is 66.9. The molecule has 0 radical (unpaired) electrons. The van der Waals surface area contributed by atoms with E-state index in [1.165, 1.54) is 0 Å². The summed E-state index contributed by atoms with van der Waals surface area (Å²) in [6, 6.07) is 30.9. The number of epoxide rings is 1. The molecule has 0 unspecified atom stereocenters. The highest BCUT2D eigenvalue weighted by molar-refractivity contribution is 7.93. The minimum atomic E-state index is -4.11. The number of aryl methyl sites for hydroxylation is 1. The largest absolute Gasteiger partial charge is 0.409 e. The van der Waals surface area contributed by atoms with Gasteiger partial charge in [-0.25, -0.2) is 8.42 Å². The standard InChI is InChI=1S/C45H70O7SSi3/c1-15-54(16-2,17-3)50-40-33-48-56(42(8,9)10,43(11,12)13)51-39(40)32-45(53(46,47)36-30-28-35(4)29-31-36)44(14,52-45)34-49-55(41(5,6)7,37-24-20-18-21-25-37)38-26-22-19-23-27-38/h18-31,39-40H,15-17,32-34H2,1-14H3/t39-,40+,44-,45+/m1/s1. The third kappa shape index (κ3) is 7.78. The quantitative estimate of drug-likeness (QED) is 0.118. The van der Waals surface area contributed by atoms with Crippen LogP contribution in [0.15, 0.2) is 89.8 Å². The zero-order valence-electron chi connectivity index (χ0n) is 36.7. The van der Waals surface area contributed by atoms with Gasteiger partial charge in [0.2, 0.25) is 14.8 Å². The Labute approximate surface area is 342 Å². The Kier molecular flexibility index (Phi) is 12.8. The minimum Gasteiger partial charge on any atom is -0.409 e. The van der Waals surface area contributed by atoms with Gasteiger partial charge in [-0.1, -0.05) is 161 Å². The first-order chi connectivity index (χ1) is 25.9. The van der Waals surface area contributed by atoms with Crippen molar-refractivity contribution >= 4 is 45.4 Å². The maximum Gasteiger partial charge on any atom is 0.349 e. The van der Waals surface area contributed by atoms with Crippen LogP contribution in [0.3, 0.4) is 0 Å². The molecule has 4 atom stereocenters. The molecule has 0 bridgehead atoms. The lowest BCUT2D eigenvalue weighted by Gasteiger charge is -2.55. The van der Waals surface area contributed by atoms with Crippen molar-refractivity contribution in [3.8, 4) is 0 Å². The lowest BCUT2D eigenvalue weighted by molar-refractivity contribution is -0.0741. The molecule has 7 nitrogen and oxygen atoms in total. The summed E-state index contributed by atoms with van der Waals surface area (Å²) in [5, 5.41) is 1.32. The fraction of sp³-hybridized carbons (Fsp3) is 0.600. The Bertz CT molecular complexity index is 1820. The van der Waals surface area contributed by atoms with Crippen LogP contribution in [0.4, 0.5) is 0 Å². The van der Waals surface area contributed by atoms with Crippen LogP contribution in [-0.2, 0) is 32.3 Å². The second-order valence-corrected chi connectivity index (χ2v) is 35.5. The molecule has 2 aliphatic heterocycles. The van der Waals surface area contributed by atoms with Gasteiger partial charge >= 0.3 is 8.56 Å². The third-order valence-electron chi connectivity index (χ3n) is 12.9. The Morgan fingerprint density at radius 3 is 1.68 bits per heavy atom. The zero-order valence-corrected chi connectivity index (χ0v) is 40.6. The highest BCUT2D eigenvalue weighted by Crippen LogP contribution is 2.61. The number of hydrogen-bond acceptors (Lipinski definition) is 7. The fourth-order valence-electron chi connectivity index (χ4n) is 9.51. The average Bonchev–Trinajstić information content (AvgIpc) is 3.75. The number of rotatable bonds is 14. The molecule has 3 aromatic carbocycles. The fourth-order valence-corrected chi connectivity index (χ4v) is 24.2. The summed E-state index contributed by atoms with van der Waals surface area (Å²) in [5.41, 5.74) is -0.210. The van der Waals surface area contributed by atoms with E-state index in [-0.39, 0.29) is 33.0 Å². The normalized spacial score (nSPS) is 24.9. The second-order valence-electron chi connectivity index (χ2n) is 19.5. The van der Waals surface area contributed by atoms with Crippen LogP contribution in [0.25, 0.3) is 0 Å². The lowest BCUT2D eigenvalue weighted by atomic mass is 10.0. The molecule has 56 heavy (non-hydrogen) atoms. The number of sulfone groups is 1. The van der Waals surface area contributed by atoms with E-state index in [1.54, 1.807) is 12.1 Å². The van der Waals surface area contributed by atoms with E-state index < -0.39 is 57.8 Å². The van der Waals surface area contributed by atoms with Gasteiger partial charge in [0, 0.05) is 16.5 Å². The monoisotopic (exact) mass is 838 g/mol. The number of ether oxygens (including phenoxy) is 1.